The second-order valence-electron chi connectivity index (χ2n) is 4.44. The van der Waals surface area contributed by atoms with Gasteiger partial charge in [0.05, 0.1) is 0 Å². The van der Waals surface area contributed by atoms with Gasteiger partial charge in [-0.15, -0.1) is 0 Å². The molecule has 0 heterocycles. The Morgan fingerprint density at radius 3 is 2.45 bits per heavy atom. The molecule has 0 saturated heterocycles. The maximum Gasteiger partial charge on any atom is 0.315 e. The van der Waals surface area contributed by atoms with Crippen LogP contribution in [0, 0.1) is 0 Å². The number of hydrogen-bond donors (Lipinski definition) is 4. The van der Waals surface area contributed by atoms with E-state index in [0.717, 1.165) is 18.4 Å². The molecule has 0 aliphatic rings. The van der Waals surface area contributed by atoms with Gasteiger partial charge in [0.15, 0.2) is 0 Å². The highest BCUT2D eigenvalue weighted by Gasteiger charge is 2.01. The van der Waals surface area contributed by atoms with Gasteiger partial charge in [0.1, 0.15) is 0 Å². The highest BCUT2D eigenvalue weighted by atomic mass is 16.5. The predicted octanol–water partition coefficient (Wildman–Crippen LogP) is 1.55. The second kappa shape index (κ2) is 9.80. The molecule has 20 heavy (non-hydrogen) atoms. The molecule has 1 aromatic rings. The normalized spacial score (nSPS) is 9.85. The van der Waals surface area contributed by atoms with Crippen LogP contribution in [-0.2, 0) is 11.3 Å². The molecule has 0 aromatic heterocycles. The number of carbonyl (C=O) groups is 2. The Hall–Kier alpha value is -2.08. The molecule has 1 rings (SSSR count). The number of amides is 3. The van der Waals surface area contributed by atoms with Gasteiger partial charge in [-0.1, -0.05) is 36.8 Å². The molecular weight excluding hydrogens is 258 g/mol. The third kappa shape index (κ3) is 7.38. The van der Waals surface area contributed by atoms with Gasteiger partial charge in [-0.3, -0.25) is 10.0 Å². The summed E-state index contributed by atoms with van der Waals surface area (Å²) in [6.45, 7) is 1.07. The third-order valence-electron chi connectivity index (χ3n) is 2.79. The van der Waals surface area contributed by atoms with E-state index in [9.17, 15) is 9.59 Å². The maximum absolute atomic E-state index is 11.5. The first-order valence-electron chi connectivity index (χ1n) is 6.71. The topological polar surface area (TPSA) is 90.5 Å². The minimum atomic E-state index is -0.376. The van der Waals surface area contributed by atoms with E-state index in [4.69, 9.17) is 5.21 Å². The standard InChI is InChI=1S/C14H21N3O3/c18-13(17-20)9-5-2-6-10-15-14(19)16-11-12-7-3-1-4-8-12/h1,3-4,7-8,20H,2,5-6,9-11H2,(H,17,18)(H2,15,16,19). The number of benzene rings is 1. The molecule has 6 nitrogen and oxygen atoms in total. The SMILES string of the molecule is O=C(CCCCCNC(=O)NCc1ccccc1)NO. The van der Waals surface area contributed by atoms with Crippen LogP contribution < -0.4 is 16.1 Å². The molecule has 110 valence electrons. The number of hydroxylamine groups is 1. The molecule has 6 heteroatoms. The fraction of sp³-hybridized carbons (Fsp3) is 0.429. The zero-order valence-corrected chi connectivity index (χ0v) is 11.4. The van der Waals surface area contributed by atoms with Crippen LogP contribution in [0.15, 0.2) is 30.3 Å². The van der Waals surface area contributed by atoms with E-state index in [-0.39, 0.29) is 11.9 Å². The Balaban J connectivity index is 1.99. The molecule has 0 aliphatic heterocycles. The van der Waals surface area contributed by atoms with E-state index in [0.29, 0.717) is 25.9 Å². The van der Waals surface area contributed by atoms with Gasteiger partial charge in [-0.2, -0.15) is 0 Å². The van der Waals surface area contributed by atoms with Crippen LogP contribution >= 0.6 is 0 Å². The number of urea groups is 1. The number of rotatable bonds is 8. The predicted molar refractivity (Wildman–Crippen MR) is 75.1 cm³/mol. The number of nitrogens with one attached hydrogen (secondary N) is 3. The molecule has 0 spiro atoms. The smallest absolute Gasteiger partial charge is 0.315 e. The van der Waals surface area contributed by atoms with Gasteiger partial charge in [0.25, 0.3) is 0 Å². The second-order valence-corrected chi connectivity index (χ2v) is 4.44. The Bertz CT molecular complexity index is 409. The zero-order valence-electron chi connectivity index (χ0n) is 11.4. The van der Waals surface area contributed by atoms with Crippen molar-refractivity contribution in [1.29, 1.82) is 0 Å². The Labute approximate surface area is 118 Å². The molecule has 3 amide bonds. The summed E-state index contributed by atoms with van der Waals surface area (Å²) in [6, 6.07) is 9.50. The minimum Gasteiger partial charge on any atom is -0.338 e. The van der Waals surface area contributed by atoms with Crippen LogP contribution in [0.5, 0.6) is 0 Å². The molecule has 0 bridgehead atoms. The fourth-order valence-corrected chi connectivity index (χ4v) is 1.69. The van der Waals surface area contributed by atoms with Crippen LogP contribution in [0.2, 0.25) is 0 Å². The quantitative estimate of drug-likeness (QED) is 0.330. The lowest BCUT2D eigenvalue weighted by molar-refractivity contribution is -0.129. The summed E-state index contributed by atoms with van der Waals surface area (Å²) in [5, 5.41) is 13.8. The van der Waals surface area contributed by atoms with Crippen molar-refractivity contribution in [2.75, 3.05) is 6.54 Å². The van der Waals surface area contributed by atoms with Gasteiger partial charge in [0, 0.05) is 19.5 Å². The van der Waals surface area contributed by atoms with Crippen molar-refractivity contribution in [2.24, 2.45) is 0 Å². The third-order valence-corrected chi connectivity index (χ3v) is 2.79. The van der Waals surface area contributed by atoms with Crippen LogP contribution in [0.1, 0.15) is 31.2 Å². The lowest BCUT2D eigenvalue weighted by Gasteiger charge is -2.07. The Morgan fingerprint density at radius 1 is 1.00 bits per heavy atom. The Morgan fingerprint density at radius 2 is 1.75 bits per heavy atom. The van der Waals surface area contributed by atoms with Crippen molar-refractivity contribution in [2.45, 2.75) is 32.2 Å². The van der Waals surface area contributed by atoms with E-state index in [2.05, 4.69) is 10.6 Å². The number of hydrogen-bond acceptors (Lipinski definition) is 3. The Kier molecular flexibility index (Phi) is 7.83. The molecule has 0 atom stereocenters. The molecule has 1 aromatic carbocycles. The van der Waals surface area contributed by atoms with E-state index < -0.39 is 0 Å². The lowest BCUT2D eigenvalue weighted by Crippen LogP contribution is -2.35. The van der Waals surface area contributed by atoms with E-state index in [1.54, 1.807) is 5.48 Å². The van der Waals surface area contributed by atoms with Crippen molar-refractivity contribution >= 4 is 11.9 Å². The summed E-state index contributed by atoms with van der Waals surface area (Å²) in [5.41, 5.74) is 2.64. The summed E-state index contributed by atoms with van der Waals surface area (Å²) in [5.74, 6) is -0.376. The summed E-state index contributed by atoms with van der Waals surface area (Å²) in [6.07, 6.45) is 2.63. The van der Waals surface area contributed by atoms with E-state index >= 15 is 0 Å². The van der Waals surface area contributed by atoms with Gasteiger partial charge in [-0.25, -0.2) is 10.3 Å². The average molecular weight is 279 g/mol. The van der Waals surface area contributed by atoms with Crippen molar-refractivity contribution in [1.82, 2.24) is 16.1 Å². The molecular formula is C14H21N3O3. The summed E-state index contributed by atoms with van der Waals surface area (Å²) in [7, 11) is 0. The maximum atomic E-state index is 11.5. The van der Waals surface area contributed by atoms with Gasteiger partial charge in [-0.05, 0) is 18.4 Å². The molecule has 4 N–H and O–H groups in total. The van der Waals surface area contributed by atoms with E-state index in [1.165, 1.54) is 0 Å². The van der Waals surface area contributed by atoms with Gasteiger partial charge >= 0.3 is 6.03 Å². The first-order chi connectivity index (χ1) is 9.72. The van der Waals surface area contributed by atoms with Crippen molar-refractivity contribution in [3.8, 4) is 0 Å². The zero-order chi connectivity index (χ0) is 14.6. The van der Waals surface area contributed by atoms with Crippen molar-refractivity contribution in [3.05, 3.63) is 35.9 Å². The first kappa shape index (κ1) is 16.0. The summed E-state index contributed by atoms with van der Waals surface area (Å²) in [4.78, 5) is 22.2. The minimum absolute atomic E-state index is 0.193. The van der Waals surface area contributed by atoms with Crippen molar-refractivity contribution < 1.29 is 14.8 Å². The van der Waals surface area contributed by atoms with Crippen molar-refractivity contribution in [3.63, 3.8) is 0 Å². The van der Waals surface area contributed by atoms with E-state index in [1.807, 2.05) is 30.3 Å². The van der Waals surface area contributed by atoms with Crippen LogP contribution in [-0.4, -0.2) is 23.7 Å². The lowest BCUT2D eigenvalue weighted by atomic mass is 10.2. The molecule has 0 radical (unpaired) electrons. The number of carbonyl (C=O) groups excluding carboxylic acids is 2. The fourth-order valence-electron chi connectivity index (χ4n) is 1.69. The molecule has 0 aliphatic carbocycles. The monoisotopic (exact) mass is 279 g/mol. The highest BCUT2D eigenvalue weighted by molar-refractivity contribution is 5.74. The summed E-state index contributed by atoms with van der Waals surface area (Å²) < 4.78 is 0. The summed E-state index contributed by atoms with van der Waals surface area (Å²) >= 11 is 0. The van der Waals surface area contributed by atoms with Gasteiger partial charge in [0.2, 0.25) is 5.91 Å². The largest absolute Gasteiger partial charge is 0.338 e. The van der Waals surface area contributed by atoms with Crippen LogP contribution in [0.4, 0.5) is 4.79 Å². The highest BCUT2D eigenvalue weighted by Crippen LogP contribution is 1.99. The van der Waals surface area contributed by atoms with Gasteiger partial charge < -0.3 is 10.6 Å². The average Bonchev–Trinajstić information content (AvgIpc) is 2.49. The molecule has 0 fully saturated rings. The molecule has 0 saturated carbocycles. The first-order valence-corrected chi connectivity index (χ1v) is 6.71. The number of unbranched alkanes of at least 4 members (excludes halogenated alkanes) is 2. The van der Waals surface area contributed by atoms with Crippen LogP contribution in [0.25, 0.3) is 0 Å². The van der Waals surface area contributed by atoms with Crippen LogP contribution in [0.3, 0.4) is 0 Å². The molecule has 0 unspecified atom stereocenters.